The van der Waals surface area contributed by atoms with Crippen molar-refractivity contribution in [2.24, 2.45) is 5.41 Å². The van der Waals surface area contributed by atoms with Crippen molar-refractivity contribution in [3.8, 4) is 11.1 Å². The average Bonchev–Trinajstić information content (AvgIpc) is 3.36. The molecule has 1 atom stereocenters. The molecule has 0 saturated carbocycles. The summed E-state index contributed by atoms with van der Waals surface area (Å²) in [7, 11) is -1.36. The minimum atomic E-state index is -1.36. The van der Waals surface area contributed by atoms with Crippen LogP contribution in [0.4, 0.5) is 13.6 Å². The van der Waals surface area contributed by atoms with Crippen molar-refractivity contribution in [2.45, 2.75) is 78.3 Å². The van der Waals surface area contributed by atoms with E-state index in [0.29, 0.717) is 30.8 Å². The minimum Gasteiger partial charge on any atom is -0.481 e. The van der Waals surface area contributed by atoms with E-state index in [9.17, 15) is 28.3 Å². The van der Waals surface area contributed by atoms with Crippen molar-refractivity contribution in [3.05, 3.63) is 83.7 Å². The Hall–Kier alpha value is -3.99. The second-order valence-electron chi connectivity index (χ2n) is 13.9. The van der Waals surface area contributed by atoms with Gasteiger partial charge >= 0.3 is 12.1 Å². The van der Waals surface area contributed by atoms with Crippen LogP contribution in [0.25, 0.3) is 11.1 Å². The molecule has 0 unspecified atom stereocenters. The highest BCUT2D eigenvalue weighted by Crippen LogP contribution is 2.41. The van der Waals surface area contributed by atoms with E-state index in [4.69, 9.17) is 4.74 Å². The molecule has 250 valence electrons. The minimum absolute atomic E-state index is 0.0984. The molecule has 46 heavy (non-hydrogen) atoms. The molecule has 0 aliphatic rings. The highest BCUT2D eigenvalue weighted by atomic mass is 28.3. The van der Waals surface area contributed by atoms with Crippen LogP contribution in [0.15, 0.2) is 60.8 Å². The number of amides is 2. The molecule has 3 aromatic rings. The number of halogens is 2. The summed E-state index contributed by atoms with van der Waals surface area (Å²) in [6.45, 7) is 13.7. The predicted molar refractivity (Wildman–Crippen MR) is 178 cm³/mol. The summed E-state index contributed by atoms with van der Waals surface area (Å²) in [5, 5.41) is 12.1. The first-order chi connectivity index (χ1) is 21.5. The highest BCUT2D eigenvalue weighted by molar-refractivity contribution is 6.76. The Morgan fingerprint density at radius 1 is 1.02 bits per heavy atom. The van der Waals surface area contributed by atoms with E-state index in [-0.39, 0.29) is 37.4 Å². The van der Waals surface area contributed by atoms with Crippen LogP contribution in [-0.4, -0.2) is 60.3 Å². The predicted octanol–water partition coefficient (Wildman–Crippen LogP) is 7.72. The molecule has 1 aromatic heterocycles. The number of carbonyl (C=O) groups excluding carboxylic acids is 2. The number of carbonyl (C=O) groups is 3. The molecule has 0 radical (unpaired) electrons. The van der Waals surface area contributed by atoms with E-state index in [1.54, 1.807) is 17.2 Å². The molecule has 0 saturated heterocycles. The van der Waals surface area contributed by atoms with Gasteiger partial charge in [0.1, 0.15) is 11.6 Å². The van der Waals surface area contributed by atoms with Crippen LogP contribution >= 0.6 is 0 Å². The van der Waals surface area contributed by atoms with Gasteiger partial charge in [0, 0.05) is 57.1 Å². The molecule has 2 N–H and O–H groups in total. The van der Waals surface area contributed by atoms with Crippen molar-refractivity contribution < 1.29 is 33.0 Å². The Morgan fingerprint density at radius 2 is 1.72 bits per heavy atom. The van der Waals surface area contributed by atoms with Gasteiger partial charge in [-0.3, -0.25) is 9.59 Å². The average molecular weight is 656 g/mol. The molecular formula is C35H47F2N3O5Si. The number of carboxylic acids is 1. The van der Waals surface area contributed by atoms with E-state index in [0.717, 1.165) is 29.8 Å². The normalized spacial score (nSPS) is 12.4. The van der Waals surface area contributed by atoms with Gasteiger partial charge in [-0.1, -0.05) is 70.7 Å². The summed E-state index contributed by atoms with van der Waals surface area (Å²) in [5.41, 5.74) is 1.66. The number of rotatable bonds is 15. The van der Waals surface area contributed by atoms with E-state index in [1.165, 1.54) is 0 Å². The van der Waals surface area contributed by atoms with Crippen molar-refractivity contribution >= 4 is 26.0 Å². The zero-order valence-electron chi connectivity index (χ0n) is 27.7. The molecular weight excluding hydrogens is 608 g/mol. The van der Waals surface area contributed by atoms with Gasteiger partial charge in [0.05, 0.1) is 19.1 Å². The van der Waals surface area contributed by atoms with Gasteiger partial charge in [-0.25, -0.2) is 13.6 Å². The number of aromatic nitrogens is 1. The Kier molecular flexibility index (Phi) is 12.7. The number of carboxylic acid groups (broad SMARTS) is 1. The number of hydrogen-bond donors (Lipinski definition) is 2. The van der Waals surface area contributed by atoms with Crippen LogP contribution in [0.1, 0.15) is 57.3 Å². The number of nitrogens with zero attached hydrogens (tertiary/aromatic N) is 2. The molecule has 0 aliphatic carbocycles. The van der Waals surface area contributed by atoms with Gasteiger partial charge in [-0.2, -0.15) is 0 Å². The summed E-state index contributed by atoms with van der Waals surface area (Å²) in [6.07, 6.45) is 1.08. The number of alkyl carbamates (subject to hydrolysis) is 1. The zero-order valence-corrected chi connectivity index (χ0v) is 28.7. The Bertz CT molecular complexity index is 1480. The van der Waals surface area contributed by atoms with Crippen LogP contribution in [0.5, 0.6) is 0 Å². The second kappa shape index (κ2) is 16.0. The second-order valence-corrected chi connectivity index (χ2v) is 19.5. The SMILES string of the molecule is CC(C)(C)[C@H](c1cc(-c2cc(F)ccc2F)cn1Cc1ccccc1)N(CCCNC(=O)OCC[Si](C)(C)C)C(=O)CCC(=O)O. The molecule has 0 bridgehead atoms. The van der Waals surface area contributed by atoms with Gasteiger partial charge in [-0.05, 0) is 47.7 Å². The van der Waals surface area contributed by atoms with Crippen molar-refractivity contribution in [1.82, 2.24) is 14.8 Å². The van der Waals surface area contributed by atoms with Gasteiger partial charge < -0.3 is 24.6 Å². The standard InChI is InChI=1S/C35H47F2N3O5Si/c1-35(2,3)33(40(31(41)15-16-32(42)43)18-10-17-38-34(44)45-19-20-46(4,5)6)30-21-26(28-22-27(36)13-14-29(28)37)24-39(30)23-25-11-8-7-9-12-25/h7-9,11-14,21-22,24,33H,10,15-20,23H2,1-6H3,(H,38,44)(H,42,43)/t33-/m0/s1. The molecule has 2 aromatic carbocycles. The third kappa shape index (κ3) is 11.1. The van der Waals surface area contributed by atoms with Gasteiger partial charge in [-0.15, -0.1) is 0 Å². The van der Waals surface area contributed by atoms with Crippen LogP contribution in [0.3, 0.4) is 0 Å². The molecule has 3 rings (SSSR count). The van der Waals surface area contributed by atoms with Gasteiger partial charge in [0.2, 0.25) is 5.91 Å². The quantitative estimate of drug-likeness (QED) is 0.129. The Labute approximate surface area is 271 Å². The molecule has 8 nitrogen and oxygen atoms in total. The van der Waals surface area contributed by atoms with Crippen molar-refractivity contribution in [3.63, 3.8) is 0 Å². The molecule has 1 heterocycles. The zero-order chi connectivity index (χ0) is 34.1. The number of hydrogen-bond acceptors (Lipinski definition) is 4. The van der Waals surface area contributed by atoms with Crippen LogP contribution < -0.4 is 5.32 Å². The fraction of sp³-hybridized carbons (Fsp3) is 0.457. The fourth-order valence-electron chi connectivity index (χ4n) is 5.31. The third-order valence-corrected chi connectivity index (χ3v) is 9.28. The van der Waals surface area contributed by atoms with Gasteiger partial charge in [0.25, 0.3) is 0 Å². The first-order valence-corrected chi connectivity index (χ1v) is 19.4. The monoisotopic (exact) mass is 655 g/mol. The van der Waals surface area contributed by atoms with Crippen LogP contribution in [0.2, 0.25) is 25.7 Å². The lowest BCUT2D eigenvalue weighted by Gasteiger charge is -2.41. The summed E-state index contributed by atoms with van der Waals surface area (Å²) in [6, 6.07) is 15.0. The third-order valence-electron chi connectivity index (χ3n) is 7.58. The summed E-state index contributed by atoms with van der Waals surface area (Å²) in [5.74, 6) is -2.59. The van der Waals surface area contributed by atoms with E-state index in [2.05, 4.69) is 25.0 Å². The van der Waals surface area contributed by atoms with Crippen molar-refractivity contribution in [2.75, 3.05) is 19.7 Å². The summed E-state index contributed by atoms with van der Waals surface area (Å²) < 4.78 is 36.5. The van der Waals surface area contributed by atoms with E-state index < -0.39 is 43.2 Å². The van der Waals surface area contributed by atoms with Crippen LogP contribution in [0, 0.1) is 17.0 Å². The highest BCUT2D eigenvalue weighted by Gasteiger charge is 2.37. The topological polar surface area (TPSA) is 101 Å². The lowest BCUT2D eigenvalue weighted by atomic mass is 9.82. The van der Waals surface area contributed by atoms with E-state index >= 15 is 0 Å². The van der Waals surface area contributed by atoms with E-state index in [1.807, 2.05) is 55.7 Å². The fourth-order valence-corrected chi connectivity index (χ4v) is 6.02. The maximum absolute atomic E-state index is 15.0. The molecule has 0 aliphatic heterocycles. The first-order valence-electron chi connectivity index (χ1n) is 15.7. The molecule has 2 amide bonds. The smallest absolute Gasteiger partial charge is 0.407 e. The number of nitrogens with one attached hydrogen (secondary N) is 1. The summed E-state index contributed by atoms with van der Waals surface area (Å²) >= 11 is 0. The molecule has 11 heteroatoms. The van der Waals surface area contributed by atoms with Crippen molar-refractivity contribution in [1.29, 1.82) is 0 Å². The Morgan fingerprint density at radius 3 is 2.35 bits per heavy atom. The summed E-state index contributed by atoms with van der Waals surface area (Å²) in [4.78, 5) is 39.1. The largest absolute Gasteiger partial charge is 0.481 e. The maximum atomic E-state index is 15.0. The number of aliphatic carboxylic acids is 1. The maximum Gasteiger partial charge on any atom is 0.407 e. The number of benzene rings is 2. The first kappa shape index (κ1) is 36.5. The molecule has 0 spiro atoms. The lowest BCUT2D eigenvalue weighted by Crippen LogP contribution is -2.43. The molecule has 0 fully saturated rings. The number of ether oxygens (including phenoxy) is 1. The lowest BCUT2D eigenvalue weighted by molar-refractivity contribution is -0.143. The Balaban J connectivity index is 1.98. The van der Waals surface area contributed by atoms with Gasteiger partial charge in [0.15, 0.2) is 0 Å². The van der Waals surface area contributed by atoms with Crippen LogP contribution in [-0.2, 0) is 20.9 Å².